The van der Waals surface area contributed by atoms with Crippen LogP contribution in [0.1, 0.15) is 26.3 Å². The van der Waals surface area contributed by atoms with Crippen molar-refractivity contribution in [2.24, 2.45) is 0 Å². The van der Waals surface area contributed by atoms with Gasteiger partial charge in [0.25, 0.3) is 0 Å². The van der Waals surface area contributed by atoms with Gasteiger partial charge in [-0.05, 0) is 26.3 Å². The van der Waals surface area contributed by atoms with Gasteiger partial charge in [0.15, 0.2) is 4.32 Å². The average Bonchev–Trinajstić information content (AvgIpc) is 2.89. The minimum absolute atomic E-state index is 0.126. The number of carboxylic acid groups (broad SMARTS) is 1. The number of fused-ring (bicyclic) bond motifs is 1. The second-order valence-corrected chi connectivity index (χ2v) is 10.3. The smallest absolute Gasteiger partial charge is 0.407 e. The van der Waals surface area contributed by atoms with Gasteiger partial charge in [0.05, 0.1) is 6.04 Å². The summed E-state index contributed by atoms with van der Waals surface area (Å²) in [7, 11) is 0. The predicted octanol–water partition coefficient (Wildman–Crippen LogP) is 2.58. The van der Waals surface area contributed by atoms with Crippen molar-refractivity contribution < 1.29 is 24.2 Å². The van der Waals surface area contributed by atoms with Gasteiger partial charge < -0.3 is 20.1 Å². The van der Waals surface area contributed by atoms with Crippen LogP contribution >= 0.6 is 27.7 Å². The normalized spacial score (nSPS) is 29.5. The Morgan fingerprint density at radius 3 is 2.59 bits per heavy atom. The fourth-order valence-corrected chi connectivity index (χ4v) is 6.04. The standard InChI is InChI=1S/C18H21BrN2O5S/c1-10(20-16(25)26-9-11-7-5-4-6-8-11)18(19)14(24)21-12(13(22)23)17(2,3)27-15(18)21/h4-8,10,12,15H,9H2,1-3H3,(H,20,25)(H,22,23)/t10?,12-,15+,18?/m0/s1. The molecule has 2 unspecified atom stereocenters. The zero-order chi connectivity index (χ0) is 20.0. The molecule has 2 aliphatic heterocycles. The molecule has 2 N–H and O–H groups in total. The molecule has 2 fully saturated rings. The summed E-state index contributed by atoms with van der Waals surface area (Å²) in [6, 6.07) is 7.80. The minimum atomic E-state index is -1.06. The highest BCUT2D eigenvalue weighted by molar-refractivity contribution is 9.10. The van der Waals surface area contributed by atoms with Gasteiger partial charge in [0.1, 0.15) is 18.0 Å². The first-order valence-corrected chi connectivity index (χ1v) is 10.2. The largest absolute Gasteiger partial charge is 0.480 e. The van der Waals surface area contributed by atoms with Gasteiger partial charge in [-0.2, -0.15) is 0 Å². The Morgan fingerprint density at radius 2 is 2.00 bits per heavy atom. The van der Waals surface area contributed by atoms with Crippen LogP contribution in [-0.2, 0) is 20.9 Å². The molecule has 2 amide bonds. The van der Waals surface area contributed by atoms with E-state index in [1.165, 1.54) is 16.7 Å². The van der Waals surface area contributed by atoms with Gasteiger partial charge in [-0.1, -0.05) is 46.3 Å². The molecule has 1 aromatic rings. The number of nitrogens with zero attached hydrogens (tertiary/aromatic N) is 1. The fourth-order valence-electron chi connectivity index (χ4n) is 3.49. The highest BCUT2D eigenvalue weighted by Gasteiger charge is 2.72. The Kier molecular flexibility index (Phi) is 5.20. The number of halogens is 1. The molecule has 0 aliphatic carbocycles. The van der Waals surface area contributed by atoms with E-state index in [-0.39, 0.29) is 17.9 Å². The third kappa shape index (κ3) is 3.31. The van der Waals surface area contributed by atoms with Crippen molar-refractivity contribution in [2.45, 2.75) is 53.9 Å². The van der Waals surface area contributed by atoms with E-state index in [4.69, 9.17) is 4.74 Å². The number of nitrogens with one attached hydrogen (secondary N) is 1. The number of hydrogen-bond acceptors (Lipinski definition) is 5. The molecule has 3 rings (SSSR count). The lowest BCUT2D eigenvalue weighted by Crippen LogP contribution is -2.76. The summed E-state index contributed by atoms with van der Waals surface area (Å²) in [6.45, 7) is 5.44. The summed E-state index contributed by atoms with van der Waals surface area (Å²) >= 11 is 4.90. The zero-order valence-corrected chi connectivity index (χ0v) is 17.5. The third-order valence-corrected chi connectivity index (χ3v) is 8.35. The van der Waals surface area contributed by atoms with Crippen molar-refractivity contribution in [3.63, 3.8) is 0 Å². The van der Waals surface area contributed by atoms with Crippen molar-refractivity contribution in [1.82, 2.24) is 10.2 Å². The van der Waals surface area contributed by atoms with Crippen LogP contribution in [0, 0.1) is 0 Å². The molecule has 27 heavy (non-hydrogen) atoms. The Hall–Kier alpha value is -1.74. The summed E-state index contributed by atoms with van der Waals surface area (Å²) in [5, 5.41) is 11.8. The second-order valence-electron chi connectivity index (χ2n) is 7.22. The number of carbonyl (C=O) groups excluding carboxylic acids is 2. The van der Waals surface area contributed by atoms with Gasteiger partial charge in [0, 0.05) is 4.75 Å². The first kappa shape index (κ1) is 20.0. The number of thioether (sulfide) groups is 1. The van der Waals surface area contributed by atoms with E-state index >= 15 is 0 Å². The Bertz CT molecular complexity index is 774. The number of carboxylic acids is 1. The number of hydrogen-bond donors (Lipinski definition) is 2. The quantitative estimate of drug-likeness (QED) is 0.522. The molecule has 4 atom stereocenters. The number of amides is 2. The molecular weight excluding hydrogens is 436 g/mol. The van der Waals surface area contributed by atoms with E-state index in [2.05, 4.69) is 21.2 Å². The molecule has 7 nitrogen and oxygen atoms in total. The van der Waals surface area contributed by atoms with Crippen molar-refractivity contribution in [3.8, 4) is 0 Å². The molecule has 0 radical (unpaired) electrons. The van der Waals surface area contributed by atoms with Crippen LogP contribution in [0.4, 0.5) is 4.79 Å². The molecule has 1 aromatic carbocycles. The molecule has 0 bridgehead atoms. The number of benzene rings is 1. The second kappa shape index (κ2) is 7.01. The van der Waals surface area contributed by atoms with E-state index in [1.54, 1.807) is 6.92 Å². The van der Waals surface area contributed by atoms with Crippen LogP contribution < -0.4 is 5.32 Å². The maximum Gasteiger partial charge on any atom is 0.407 e. The SMILES string of the molecule is CC(NC(=O)OCc1ccccc1)C1(Br)C(=O)N2[C@@H](C(=O)O)C(C)(C)S[C@@H]21. The van der Waals surface area contributed by atoms with Gasteiger partial charge in [-0.3, -0.25) is 4.79 Å². The monoisotopic (exact) mass is 456 g/mol. The van der Waals surface area contributed by atoms with Gasteiger partial charge in [0.2, 0.25) is 5.91 Å². The van der Waals surface area contributed by atoms with E-state index in [9.17, 15) is 19.5 Å². The number of β-lactam (4-membered cyclic amide) rings is 1. The summed E-state index contributed by atoms with van der Waals surface area (Å²) in [5.41, 5.74) is 0.858. The molecule has 2 saturated heterocycles. The number of carbonyl (C=O) groups is 3. The van der Waals surface area contributed by atoms with E-state index in [0.717, 1.165) is 5.56 Å². The van der Waals surface area contributed by atoms with Crippen LogP contribution in [0.3, 0.4) is 0 Å². The molecule has 0 saturated carbocycles. The lowest BCUT2D eigenvalue weighted by atomic mass is 9.87. The summed E-state index contributed by atoms with van der Waals surface area (Å²) in [6.07, 6.45) is -0.631. The lowest BCUT2D eigenvalue weighted by molar-refractivity contribution is -0.161. The molecule has 2 heterocycles. The topological polar surface area (TPSA) is 95.9 Å². The van der Waals surface area contributed by atoms with Crippen LogP contribution in [0.15, 0.2) is 30.3 Å². The van der Waals surface area contributed by atoms with E-state index in [1.807, 2.05) is 44.2 Å². The molecule has 9 heteroatoms. The molecule has 0 aromatic heterocycles. The third-order valence-electron chi connectivity index (χ3n) is 4.94. The Balaban J connectivity index is 1.65. The van der Waals surface area contributed by atoms with Crippen molar-refractivity contribution in [3.05, 3.63) is 35.9 Å². The van der Waals surface area contributed by atoms with E-state index < -0.39 is 33.2 Å². The highest BCUT2D eigenvalue weighted by atomic mass is 79.9. The summed E-state index contributed by atoms with van der Waals surface area (Å²) in [5.74, 6) is -1.37. The van der Waals surface area contributed by atoms with Crippen molar-refractivity contribution >= 4 is 45.7 Å². The maximum absolute atomic E-state index is 12.8. The van der Waals surface area contributed by atoms with Gasteiger partial charge in [-0.25, -0.2) is 9.59 Å². The van der Waals surface area contributed by atoms with E-state index in [0.29, 0.717) is 0 Å². The zero-order valence-electron chi connectivity index (χ0n) is 15.1. The summed E-state index contributed by atoms with van der Waals surface area (Å²) in [4.78, 5) is 37.9. The van der Waals surface area contributed by atoms with Crippen LogP contribution in [0.2, 0.25) is 0 Å². The summed E-state index contributed by atoms with van der Waals surface area (Å²) < 4.78 is 3.52. The van der Waals surface area contributed by atoms with Crippen molar-refractivity contribution in [1.29, 1.82) is 0 Å². The number of alkyl carbamates (subject to hydrolysis) is 1. The first-order chi connectivity index (χ1) is 12.6. The number of rotatable bonds is 5. The Labute approximate surface area is 169 Å². The molecule has 146 valence electrons. The number of alkyl halides is 1. The van der Waals surface area contributed by atoms with Crippen LogP contribution in [0.5, 0.6) is 0 Å². The highest BCUT2D eigenvalue weighted by Crippen LogP contribution is 2.58. The molecular formula is C18H21BrN2O5S. The van der Waals surface area contributed by atoms with Gasteiger partial charge >= 0.3 is 12.1 Å². The van der Waals surface area contributed by atoms with Gasteiger partial charge in [-0.15, -0.1) is 11.8 Å². The van der Waals surface area contributed by atoms with Crippen molar-refractivity contribution in [2.75, 3.05) is 0 Å². The predicted molar refractivity (Wildman–Crippen MR) is 105 cm³/mol. The molecule has 2 aliphatic rings. The molecule has 0 spiro atoms. The number of ether oxygens (including phenoxy) is 1. The average molecular weight is 457 g/mol. The van der Waals surface area contributed by atoms with Crippen LogP contribution in [0.25, 0.3) is 0 Å². The Morgan fingerprint density at radius 1 is 1.37 bits per heavy atom. The first-order valence-electron chi connectivity index (χ1n) is 8.48. The van der Waals surface area contributed by atoms with Crippen LogP contribution in [-0.4, -0.2) is 54.5 Å². The fraction of sp³-hybridized carbons (Fsp3) is 0.500. The number of aliphatic carboxylic acids is 1. The minimum Gasteiger partial charge on any atom is -0.480 e. The maximum atomic E-state index is 12.8. The lowest BCUT2D eigenvalue weighted by Gasteiger charge is -2.52.